The monoisotopic (exact) mass is 401 g/mol. The van der Waals surface area contributed by atoms with E-state index in [-0.39, 0.29) is 5.56 Å². The SMILES string of the molecule is Cn1nccc1Cc1cc(=O)n2[nH]c(Nc3c4c(cc5c3CCC5)CCC4)nc2n1. The molecule has 6 rings (SSSR count). The lowest BCUT2D eigenvalue weighted by Gasteiger charge is -2.15. The summed E-state index contributed by atoms with van der Waals surface area (Å²) in [5, 5.41) is 10.8. The Morgan fingerprint density at radius 3 is 2.53 bits per heavy atom. The van der Waals surface area contributed by atoms with Gasteiger partial charge in [0.15, 0.2) is 0 Å². The maximum Gasteiger partial charge on any atom is 0.274 e. The number of H-pyrrole nitrogens is 1. The molecule has 3 aromatic heterocycles. The van der Waals surface area contributed by atoms with Gasteiger partial charge in [-0.1, -0.05) is 6.07 Å². The number of anilines is 2. The molecular formula is C22H23N7O. The second-order valence-corrected chi connectivity index (χ2v) is 8.28. The van der Waals surface area contributed by atoms with E-state index in [1.807, 2.05) is 13.1 Å². The fourth-order valence-corrected chi connectivity index (χ4v) is 4.92. The van der Waals surface area contributed by atoms with Crippen LogP contribution in [0.25, 0.3) is 5.78 Å². The fraction of sp³-hybridized carbons (Fsp3) is 0.364. The minimum atomic E-state index is -0.166. The Morgan fingerprint density at radius 1 is 1.07 bits per heavy atom. The van der Waals surface area contributed by atoms with Crippen LogP contribution in [0.3, 0.4) is 0 Å². The average Bonchev–Trinajstić information content (AvgIpc) is 3.49. The highest BCUT2D eigenvalue weighted by molar-refractivity contribution is 5.70. The molecule has 0 atom stereocenters. The molecule has 8 nitrogen and oxygen atoms in total. The third-order valence-electron chi connectivity index (χ3n) is 6.38. The fourth-order valence-electron chi connectivity index (χ4n) is 4.92. The number of aryl methyl sites for hydroxylation is 3. The molecule has 152 valence electrons. The Balaban J connectivity index is 1.38. The largest absolute Gasteiger partial charge is 0.324 e. The summed E-state index contributed by atoms with van der Waals surface area (Å²) in [6.45, 7) is 0. The predicted molar refractivity (Wildman–Crippen MR) is 113 cm³/mol. The summed E-state index contributed by atoms with van der Waals surface area (Å²) in [4.78, 5) is 21.8. The Kier molecular flexibility index (Phi) is 3.81. The number of benzene rings is 1. The standard InChI is InChI=1S/C22H23N7O/c1-28-16(8-9-23-28)11-15-12-19(30)29-22(24-15)26-21(27-29)25-20-17-6-2-4-13(17)10-14-5-3-7-18(14)20/h8-10,12H,2-7,11H2,1H3,(H2,24,25,26,27). The van der Waals surface area contributed by atoms with Crippen LogP contribution in [-0.4, -0.2) is 29.4 Å². The molecule has 0 saturated heterocycles. The van der Waals surface area contributed by atoms with Gasteiger partial charge in [0.25, 0.3) is 11.3 Å². The lowest BCUT2D eigenvalue weighted by molar-refractivity contribution is 0.719. The molecule has 2 aliphatic rings. The Morgan fingerprint density at radius 2 is 1.83 bits per heavy atom. The van der Waals surface area contributed by atoms with Crippen molar-refractivity contribution in [1.82, 2.24) is 29.4 Å². The van der Waals surface area contributed by atoms with E-state index in [2.05, 4.69) is 31.5 Å². The Bertz CT molecular complexity index is 1310. The van der Waals surface area contributed by atoms with Gasteiger partial charge in [0, 0.05) is 37.1 Å². The molecule has 2 aliphatic carbocycles. The summed E-state index contributed by atoms with van der Waals surface area (Å²) in [6.07, 6.45) is 9.17. The lowest BCUT2D eigenvalue weighted by atomic mass is 9.99. The molecule has 1 aromatic carbocycles. The van der Waals surface area contributed by atoms with Crippen LogP contribution >= 0.6 is 0 Å². The molecule has 0 aliphatic heterocycles. The molecule has 30 heavy (non-hydrogen) atoms. The molecule has 4 aromatic rings. The van der Waals surface area contributed by atoms with Crippen LogP contribution in [0.2, 0.25) is 0 Å². The first-order chi connectivity index (χ1) is 14.7. The van der Waals surface area contributed by atoms with Crippen molar-refractivity contribution in [3.63, 3.8) is 0 Å². The summed E-state index contributed by atoms with van der Waals surface area (Å²) in [5.74, 6) is 0.943. The molecule has 8 heteroatoms. The van der Waals surface area contributed by atoms with Crippen molar-refractivity contribution < 1.29 is 0 Å². The van der Waals surface area contributed by atoms with Gasteiger partial charge in [-0.3, -0.25) is 14.6 Å². The number of hydrogen-bond acceptors (Lipinski definition) is 5. The maximum absolute atomic E-state index is 12.7. The van der Waals surface area contributed by atoms with Gasteiger partial charge in [-0.15, -0.1) is 0 Å². The number of rotatable bonds is 4. The minimum Gasteiger partial charge on any atom is -0.324 e. The molecule has 2 N–H and O–H groups in total. The zero-order valence-corrected chi connectivity index (χ0v) is 16.9. The van der Waals surface area contributed by atoms with E-state index in [9.17, 15) is 4.79 Å². The van der Waals surface area contributed by atoms with Gasteiger partial charge in [0.2, 0.25) is 5.95 Å². The van der Waals surface area contributed by atoms with E-state index in [1.54, 1.807) is 16.9 Å². The van der Waals surface area contributed by atoms with E-state index in [4.69, 9.17) is 0 Å². The molecule has 0 spiro atoms. The zero-order chi connectivity index (χ0) is 20.2. The molecule has 0 radical (unpaired) electrons. The quantitative estimate of drug-likeness (QED) is 0.548. The minimum absolute atomic E-state index is 0.166. The van der Waals surface area contributed by atoms with Crippen molar-refractivity contribution in [2.24, 2.45) is 7.05 Å². The molecule has 0 saturated carbocycles. The van der Waals surface area contributed by atoms with Crippen LogP contribution in [0.1, 0.15) is 46.5 Å². The van der Waals surface area contributed by atoms with E-state index in [0.717, 1.165) is 31.4 Å². The second-order valence-electron chi connectivity index (χ2n) is 8.28. The van der Waals surface area contributed by atoms with Crippen molar-refractivity contribution in [2.45, 2.75) is 44.9 Å². The van der Waals surface area contributed by atoms with Crippen LogP contribution in [0.5, 0.6) is 0 Å². The van der Waals surface area contributed by atoms with Gasteiger partial charge in [0.05, 0.1) is 5.69 Å². The second kappa shape index (κ2) is 6.55. The number of nitrogens with one attached hydrogen (secondary N) is 2. The zero-order valence-electron chi connectivity index (χ0n) is 16.9. The molecule has 0 fully saturated rings. The van der Waals surface area contributed by atoms with E-state index >= 15 is 0 Å². The Hall–Kier alpha value is -3.42. The van der Waals surface area contributed by atoms with E-state index < -0.39 is 0 Å². The van der Waals surface area contributed by atoms with Crippen molar-refractivity contribution in [3.05, 3.63) is 68.4 Å². The van der Waals surface area contributed by atoms with Crippen LogP contribution in [-0.2, 0) is 39.2 Å². The number of aromatic nitrogens is 6. The Labute approximate surface area is 173 Å². The van der Waals surface area contributed by atoms with Crippen molar-refractivity contribution in [3.8, 4) is 0 Å². The summed E-state index contributed by atoms with van der Waals surface area (Å²) >= 11 is 0. The van der Waals surface area contributed by atoms with Gasteiger partial charge in [-0.2, -0.15) is 14.6 Å². The highest BCUT2D eigenvalue weighted by Gasteiger charge is 2.24. The summed E-state index contributed by atoms with van der Waals surface area (Å²) in [6, 6.07) is 5.89. The molecule has 0 amide bonds. The first kappa shape index (κ1) is 17.4. The molecule has 3 heterocycles. The van der Waals surface area contributed by atoms with Gasteiger partial charge in [0.1, 0.15) is 0 Å². The highest BCUT2D eigenvalue weighted by Crippen LogP contribution is 2.39. The first-order valence-electron chi connectivity index (χ1n) is 10.5. The van der Waals surface area contributed by atoms with Gasteiger partial charge >= 0.3 is 0 Å². The van der Waals surface area contributed by atoms with Gasteiger partial charge < -0.3 is 5.32 Å². The number of aromatic amines is 1. The van der Waals surface area contributed by atoms with Crippen LogP contribution in [0.4, 0.5) is 11.6 Å². The average molecular weight is 401 g/mol. The van der Waals surface area contributed by atoms with Gasteiger partial charge in [-0.05, 0) is 66.8 Å². The maximum atomic E-state index is 12.7. The van der Waals surface area contributed by atoms with Crippen molar-refractivity contribution >= 4 is 17.4 Å². The predicted octanol–water partition coefficient (Wildman–Crippen LogP) is 2.46. The van der Waals surface area contributed by atoms with Crippen molar-refractivity contribution in [2.75, 3.05) is 5.32 Å². The van der Waals surface area contributed by atoms with Crippen LogP contribution < -0.4 is 10.9 Å². The van der Waals surface area contributed by atoms with Crippen LogP contribution in [0.15, 0.2) is 29.2 Å². The van der Waals surface area contributed by atoms with E-state index in [0.29, 0.717) is 23.8 Å². The number of nitrogens with zero attached hydrogens (tertiary/aromatic N) is 5. The first-order valence-corrected chi connectivity index (χ1v) is 10.5. The smallest absolute Gasteiger partial charge is 0.274 e. The third kappa shape index (κ3) is 2.74. The normalized spacial score (nSPS) is 15.0. The summed E-state index contributed by atoms with van der Waals surface area (Å²) in [5.41, 5.74) is 8.45. The third-order valence-corrected chi connectivity index (χ3v) is 6.38. The number of hydrogen-bond donors (Lipinski definition) is 2. The number of fused-ring (bicyclic) bond motifs is 3. The summed E-state index contributed by atoms with van der Waals surface area (Å²) in [7, 11) is 1.88. The van der Waals surface area contributed by atoms with Crippen molar-refractivity contribution in [1.29, 1.82) is 0 Å². The van der Waals surface area contributed by atoms with Gasteiger partial charge in [-0.25, -0.2) is 4.98 Å². The van der Waals surface area contributed by atoms with Crippen LogP contribution in [0, 0.1) is 0 Å². The van der Waals surface area contributed by atoms with E-state index in [1.165, 1.54) is 45.3 Å². The highest BCUT2D eigenvalue weighted by atomic mass is 16.1. The summed E-state index contributed by atoms with van der Waals surface area (Å²) < 4.78 is 3.19. The molecule has 0 bridgehead atoms. The topological polar surface area (TPSA) is 92.9 Å². The lowest BCUT2D eigenvalue weighted by Crippen LogP contribution is -2.16. The molecule has 0 unspecified atom stereocenters. The molecular weight excluding hydrogens is 378 g/mol.